The van der Waals surface area contributed by atoms with Crippen molar-refractivity contribution in [3.8, 4) is 0 Å². The number of likely N-dealkylation sites (N-methyl/N-ethyl adjacent to an activating group) is 1. The van der Waals surface area contributed by atoms with Gasteiger partial charge in [-0.3, -0.25) is 9.59 Å². The van der Waals surface area contributed by atoms with E-state index in [0.29, 0.717) is 22.8 Å². The fraction of sp³-hybridized carbons (Fsp3) is 0.154. The molecule has 3 rings (SSSR count). The van der Waals surface area contributed by atoms with Crippen molar-refractivity contribution < 1.29 is 14.7 Å². The summed E-state index contributed by atoms with van der Waals surface area (Å²) in [7, 11) is 1.91. The van der Waals surface area contributed by atoms with E-state index in [1.165, 1.54) is 6.08 Å². The zero-order valence-corrected chi connectivity index (χ0v) is 18.5. The molecule has 0 heterocycles. The summed E-state index contributed by atoms with van der Waals surface area (Å²) in [6, 6.07) is 21.7. The highest BCUT2D eigenvalue weighted by Crippen LogP contribution is 2.16. The molecule has 164 valence electrons. The van der Waals surface area contributed by atoms with Gasteiger partial charge in [-0.15, -0.1) is 0 Å². The summed E-state index contributed by atoms with van der Waals surface area (Å²) >= 11 is 5.86. The number of nitrogens with one attached hydrogen (secondary N) is 1. The second-order valence-electron chi connectivity index (χ2n) is 7.36. The van der Waals surface area contributed by atoms with Crippen LogP contribution >= 0.6 is 11.6 Å². The topological polar surface area (TPSA) is 69.6 Å². The van der Waals surface area contributed by atoms with Crippen molar-refractivity contribution in [2.75, 3.05) is 30.4 Å². The Morgan fingerprint density at radius 1 is 0.969 bits per heavy atom. The van der Waals surface area contributed by atoms with Crippen molar-refractivity contribution >= 4 is 40.7 Å². The monoisotopic (exact) mass is 448 g/mol. The summed E-state index contributed by atoms with van der Waals surface area (Å²) in [6.45, 7) is 0.655. The molecule has 0 aliphatic carbocycles. The van der Waals surface area contributed by atoms with Crippen LogP contribution in [0.4, 0.5) is 11.4 Å². The van der Waals surface area contributed by atoms with E-state index in [2.05, 4.69) is 5.32 Å². The lowest BCUT2D eigenvalue weighted by Gasteiger charge is -2.17. The van der Waals surface area contributed by atoms with Crippen molar-refractivity contribution in [3.63, 3.8) is 0 Å². The number of halogens is 1. The maximum Gasteiger partial charge on any atom is 0.228 e. The van der Waals surface area contributed by atoms with Crippen LogP contribution in [0.2, 0.25) is 5.02 Å². The molecule has 0 saturated carbocycles. The predicted molar refractivity (Wildman–Crippen MR) is 130 cm³/mol. The number of carbonyl (C=O) groups is 2. The van der Waals surface area contributed by atoms with Crippen LogP contribution in [-0.4, -0.2) is 37.0 Å². The first-order valence-corrected chi connectivity index (χ1v) is 10.6. The summed E-state index contributed by atoms with van der Waals surface area (Å²) in [6.07, 6.45) is 3.54. The van der Waals surface area contributed by atoms with Crippen LogP contribution in [0.15, 0.2) is 78.9 Å². The number of ketones is 1. The molecule has 6 heteroatoms. The number of amides is 1. The summed E-state index contributed by atoms with van der Waals surface area (Å²) in [5.41, 5.74) is 3.95. The highest BCUT2D eigenvalue weighted by Gasteiger charge is 2.06. The molecule has 0 aromatic heterocycles. The third-order valence-electron chi connectivity index (χ3n) is 4.93. The molecule has 0 radical (unpaired) electrons. The van der Waals surface area contributed by atoms with Crippen molar-refractivity contribution in [1.82, 2.24) is 0 Å². The number of hydrogen-bond acceptors (Lipinski definition) is 4. The summed E-state index contributed by atoms with van der Waals surface area (Å²) in [4.78, 5) is 26.6. The van der Waals surface area contributed by atoms with E-state index in [9.17, 15) is 9.59 Å². The SMILES string of the molecule is CN(CCO)c1ccc(/C=C/C(=O)c2ccc(NC(=O)Cc3ccc(Cl)cc3)cc2)cc1. The van der Waals surface area contributed by atoms with E-state index in [4.69, 9.17) is 16.7 Å². The number of carbonyl (C=O) groups excluding carboxylic acids is 2. The predicted octanol–water partition coefficient (Wildman–Crippen LogP) is 4.85. The number of hydrogen-bond donors (Lipinski definition) is 2. The molecule has 0 aliphatic rings. The van der Waals surface area contributed by atoms with Gasteiger partial charge in [0.2, 0.25) is 5.91 Å². The minimum atomic E-state index is -0.139. The largest absolute Gasteiger partial charge is 0.395 e. The average molecular weight is 449 g/mol. The minimum absolute atomic E-state index is 0.0947. The second kappa shape index (κ2) is 11.3. The molecule has 2 N–H and O–H groups in total. The van der Waals surface area contributed by atoms with Crippen LogP contribution in [0.25, 0.3) is 6.08 Å². The van der Waals surface area contributed by atoms with Crippen molar-refractivity contribution in [1.29, 1.82) is 0 Å². The molecule has 0 spiro atoms. The van der Waals surface area contributed by atoms with Crippen LogP contribution in [0.5, 0.6) is 0 Å². The van der Waals surface area contributed by atoms with E-state index in [1.54, 1.807) is 42.5 Å². The lowest BCUT2D eigenvalue weighted by molar-refractivity contribution is -0.115. The molecule has 0 aliphatic heterocycles. The molecular weight excluding hydrogens is 424 g/mol. The molecule has 3 aromatic rings. The fourth-order valence-electron chi connectivity index (χ4n) is 3.10. The highest BCUT2D eigenvalue weighted by molar-refractivity contribution is 6.30. The van der Waals surface area contributed by atoms with Gasteiger partial charge in [0.25, 0.3) is 0 Å². The first-order chi connectivity index (χ1) is 15.4. The van der Waals surface area contributed by atoms with Crippen LogP contribution in [0.3, 0.4) is 0 Å². The molecular formula is C26H25ClN2O3. The van der Waals surface area contributed by atoms with Gasteiger partial charge in [0, 0.05) is 35.6 Å². The summed E-state index contributed by atoms with van der Waals surface area (Å²) in [5.74, 6) is -0.259. The molecule has 32 heavy (non-hydrogen) atoms. The number of benzene rings is 3. The Bertz CT molecular complexity index is 1080. The first kappa shape index (κ1) is 23.3. The normalized spacial score (nSPS) is 10.8. The van der Waals surface area contributed by atoms with E-state index >= 15 is 0 Å². The van der Waals surface area contributed by atoms with Gasteiger partial charge in [0.1, 0.15) is 0 Å². The van der Waals surface area contributed by atoms with Gasteiger partial charge >= 0.3 is 0 Å². The quantitative estimate of drug-likeness (QED) is 0.363. The molecule has 1 amide bonds. The van der Waals surface area contributed by atoms with Crippen LogP contribution < -0.4 is 10.2 Å². The van der Waals surface area contributed by atoms with Gasteiger partial charge in [-0.05, 0) is 65.7 Å². The average Bonchev–Trinajstić information content (AvgIpc) is 2.80. The third kappa shape index (κ3) is 6.80. The lowest BCUT2D eigenvalue weighted by atomic mass is 10.1. The Morgan fingerprint density at radius 3 is 2.25 bits per heavy atom. The fourth-order valence-corrected chi connectivity index (χ4v) is 3.22. The van der Waals surface area contributed by atoms with Gasteiger partial charge in [0.05, 0.1) is 13.0 Å². The van der Waals surface area contributed by atoms with Gasteiger partial charge in [0.15, 0.2) is 5.78 Å². The number of rotatable bonds is 9. The first-order valence-electron chi connectivity index (χ1n) is 10.2. The number of nitrogens with zero attached hydrogens (tertiary/aromatic N) is 1. The summed E-state index contributed by atoms with van der Waals surface area (Å²) in [5, 5.41) is 12.5. The van der Waals surface area contributed by atoms with Gasteiger partial charge in [-0.2, -0.15) is 0 Å². The van der Waals surface area contributed by atoms with Crippen LogP contribution in [-0.2, 0) is 11.2 Å². The number of anilines is 2. The summed E-state index contributed by atoms with van der Waals surface area (Å²) < 4.78 is 0. The van der Waals surface area contributed by atoms with E-state index in [-0.39, 0.29) is 24.7 Å². The maximum absolute atomic E-state index is 12.5. The number of allylic oxidation sites excluding steroid dienone is 1. The maximum atomic E-state index is 12.5. The molecule has 5 nitrogen and oxygen atoms in total. The van der Waals surface area contributed by atoms with Gasteiger partial charge in [-0.1, -0.05) is 41.9 Å². The molecule has 3 aromatic carbocycles. The lowest BCUT2D eigenvalue weighted by Crippen LogP contribution is -2.20. The van der Waals surface area contributed by atoms with Crippen molar-refractivity contribution in [2.24, 2.45) is 0 Å². The Balaban J connectivity index is 1.55. The Kier molecular flexibility index (Phi) is 8.20. The minimum Gasteiger partial charge on any atom is -0.395 e. The van der Waals surface area contributed by atoms with E-state index < -0.39 is 0 Å². The second-order valence-corrected chi connectivity index (χ2v) is 7.80. The Labute approximate surface area is 193 Å². The molecule has 0 saturated heterocycles. The molecule has 0 fully saturated rings. The van der Waals surface area contributed by atoms with Gasteiger partial charge < -0.3 is 15.3 Å². The smallest absolute Gasteiger partial charge is 0.228 e. The Hall–Kier alpha value is -3.41. The van der Waals surface area contributed by atoms with Crippen LogP contribution in [0.1, 0.15) is 21.5 Å². The van der Waals surface area contributed by atoms with Crippen molar-refractivity contribution in [3.05, 3.63) is 101 Å². The standard InChI is InChI=1S/C26H25ClN2O3/c1-29(16-17-30)24-13-4-19(5-14-24)6-15-25(31)21-7-11-23(12-8-21)28-26(32)18-20-2-9-22(27)10-3-20/h2-15,30H,16-18H2,1H3,(H,28,32)/b15-6+. The molecule has 0 unspecified atom stereocenters. The third-order valence-corrected chi connectivity index (χ3v) is 5.18. The van der Waals surface area contributed by atoms with Crippen molar-refractivity contribution in [2.45, 2.75) is 6.42 Å². The Morgan fingerprint density at radius 2 is 1.62 bits per heavy atom. The molecule has 0 atom stereocenters. The zero-order valence-electron chi connectivity index (χ0n) is 17.8. The van der Waals surface area contributed by atoms with Gasteiger partial charge in [-0.25, -0.2) is 0 Å². The number of aliphatic hydroxyl groups excluding tert-OH is 1. The van der Waals surface area contributed by atoms with E-state index in [0.717, 1.165) is 16.8 Å². The van der Waals surface area contributed by atoms with Crippen LogP contribution in [0, 0.1) is 0 Å². The van der Waals surface area contributed by atoms with E-state index in [1.807, 2.05) is 48.3 Å². The molecule has 0 bridgehead atoms. The zero-order chi connectivity index (χ0) is 22.9. The highest BCUT2D eigenvalue weighted by atomic mass is 35.5. The number of aliphatic hydroxyl groups is 1.